The summed E-state index contributed by atoms with van der Waals surface area (Å²) in [5.74, 6) is 1.60. The van der Waals surface area contributed by atoms with Crippen LogP contribution < -0.4 is 4.90 Å². The number of para-hydroxylation sites is 2. The predicted molar refractivity (Wildman–Crippen MR) is 106 cm³/mol. The molecule has 0 amide bonds. The second-order valence-corrected chi connectivity index (χ2v) is 6.93. The molecule has 0 spiro atoms. The summed E-state index contributed by atoms with van der Waals surface area (Å²) in [5, 5.41) is 12.0. The van der Waals surface area contributed by atoms with E-state index >= 15 is 0 Å². The summed E-state index contributed by atoms with van der Waals surface area (Å²) in [6, 6.07) is 22.3. The molecule has 26 heavy (non-hydrogen) atoms. The van der Waals surface area contributed by atoms with E-state index in [-0.39, 0.29) is 0 Å². The molecule has 126 valence electrons. The fraction of sp³-hybridized carbons (Fsp3) is 0.0500. The quantitative estimate of drug-likeness (QED) is 0.466. The summed E-state index contributed by atoms with van der Waals surface area (Å²) < 4.78 is 2.04. The third-order valence-corrected chi connectivity index (χ3v) is 5.28. The van der Waals surface area contributed by atoms with Crippen LogP contribution in [0.2, 0.25) is 0 Å². The van der Waals surface area contributed by atoms with Gasteiger partial charge in [0.25, 0.3) is 0 Å². The van der Waals surface area contributed by atoms with Crippen molar-refractivity contribution < 1.29 is 0 Å². The van der Waals surface area contributed by atoms with Crippen LogP contribution in [0, 0.1) is 0 Å². The number of rotatable bonds is 3. The highest BCUT2D eigenvalue weighted by molar-refractivity contribution is 7.13. The number of nitrogens with zero attached hydrogens (tertiary/aromatic N) is 5. The molecule has 5 nitrogen and oxygen atoms in total. The van der Waals surface area contributed by atoms with Crippen molar-refractivity contribution in [1.29, 1.82) is 0 Å². The lowest BCUT2D eigenvalue weighted by Crippen LogP contribution is -2.16. The van der Waals surface area contributed by atoms with E-state index in [2.05, 4.69) is 33.3 Å². The van der Waals surface area contributed by atoms with Gasteiger partial charge in [0.15, 0.2) is 11.5 Å². The van der Waals surface area contributed by atoms with Gasteiger partial charge in [0, 0.05) is 18.1 Å². The van der Waals surface area contributed by atoms with Gasteiger partial charge in [-0.2, -0.15) is 0 Å². The molecular formula is C20H15N5S. The molecule has 5 aromatic rings. The lowest BCUT2D eigenvalue weighted by molar-refractivity contribution is 1.02. The maximum atomic E-state index is 4.94. The first-order valence-electron chi connectivity index (χ1n) is 8.29. The van der Waals surface area contributed by atoms with Crippen LogP contribution in [0.4, 0.5) is 11.6 Å². The molecule has 0 aliphatic rings. The third kappa shape index (κ3) is 2.27. The minimum absolute atomic E-state index is 0.790. The molecule has 0 fully saturated rings. The zero-order valence-corrected chi connectivity index (χ0v) is 14.9. The second kappa shape index (κ2) is 5.93. The Bertz CT molecular complexity index is 1200. The van der Waals surface area contributed by atoms with Crippen molar-refractivity contribution in [2.24, 2.45) is 0 Å². The first kappa shape index (κ1) is 15.0. The average Bonchev–Trinajstić information content (AvgIpc) is 3.37. The normalized spacial score (nSPS) is 11.3. The largest absolute Gasteiger partial charge is 0.315 e. The molecule has 2 aromatic carbocycles. The highest BCUT2D eigenvalue weighted by atomic mass is 32.1. The van der Waals surface area contributed by atoms with E-state index in [0.29, 0.717) is 0 Å². The van der Waals surface area contributed by atoms with Crippen molar-refractivity contribution in [2.75, 3.05) is 11.9 Å². The first-order valence-corrected chi connectivity index (χ1v) is 9.17. The van der Waals surface area contributed by atoms with Gasteiger partial charge in [-0.3, -0.25) is 0 Å². The monoisotopic (exact) mass is 357 g/mol. The Morgan fingerprint density at radius 3 is 2.50 bits per heavy atom. The third-order valence-electron chi connectivity index (χ3n) is 4.41. The van der Waals surface area contributed by atoms with Crippen LogP contribution in [0.1, 0.15) is 0 Å². The van der Waals surface area contributed by atoms with Crippen molar-refractivity contribution in [3.8, 4) is 10.7 Å². The molecule has 0 unspecified atom stereocenters. The molecule has 0 bridgehead atoms. The second-order valence-electron chi connectivity index (χ2n) is 5.98. The Hall–Kier alpha value is -3.25. The summed E-state index contributed by atoms with van der Waals surface area (Å²) in [4.78, 5) is 8.07. The summed E-state index contributed by atoms with van der Waals surface area (Å²) >= 11 is 1.65. The van der Waals surface area contributed by atoms with Gasteiger partial charge in [0.05, 0.1) is 10.4 Å². The van der Waals surface area contributed by atoms with Crippen LogP contribution in [0.5, 0.6) is 0 Å². The fourth-order valence-electron chi connectivity index (χ4n) is 3.12. The summed E-state index contributed by atoms with van der Waals surface area (Å²) in [5.41, 5.74) is 2.78. The van der Waals surface area contributed by atoms with E-state index in [1.54, 1.807) is 11.3 Å². The topological polar surface area (TPSA) is 46.3 Å². The Balaban J connectivity index is 1.86. The van der Waals surface area contributed by atoms with E-state index in [1.807, 2.05) is 65.4 Å². The van der Waals surface area contributed by atoms with Crippen molar-refractivity contribution >= 4 is 39.5 Å². The maximum Gasteiger partial charge on any atom is 0.218 e. The van der Waals surface area contributed by atoms with Gasteiger partial charge in [-0.15, -0.1) is 21.5 Å². The zero-order chi connectivity index (χ0) is 17.5. The SMILES string of the molecule is CN(c1ccccc1)c1nc2ccccc2c2nnc(-c3cccs3)n12. The smallest absolute Gasteiger partial charge is 0.218 e. The van der Waals surface area contributed by atoms with Crippen LogP contribution in [0.15, 0.2) is 72.1 Å². The zero-order valence-electron chi connectivity index (χ0n) is 14.1. The van der Waals surface area contributed by atoms with Gasteiger partial charge in [-0.25, -0.2) is 9.38 Å². The molecule has 0 saturated heterocycles. The Labute approximate surface area is 154 Å². The highest BCUT2D eigenvalue weighted by Gasteiger charge is 2.19. The highest BCUT2D eigenvalue weighted by Crippen LogP contribution is 2.32. The van der Waals surface area contributed by atoms with Crippen LogP contribution in [-0.4, -0.2) is 26.6 Å². The van der Waals surface area contributed by atoms with Gasteiger partial charge in [0.1, 0.15) is 0 Å². The van der Waals surface area contributed by atoms with E-state index < -0.39 is 0 Å². The number of fused-ring (bicyclic) bond motifs is 3. The van der Waals surface area contributed by atoms with E-state index in [9.17, 15) is 0 Å². The molecule has 0 aliphatic carbocycles. The molecular weight excluding hydrogens is 342 g/mol. The Kier molecular flexibility index (Phi) is 3.43. The van der Waals surface area contributed by atoms with Crippen molar-refractivity contribution in [3.05, 3.63) is 72.1 Å². The lowest BCUT2D eigenvalue weighted by Gasteiger charge is -2.20. The van der Waals surface area contributed by atoms with Crippen molar-refractivity contribution in [3.63, 3.8) is 0 Å². The molecule has 0 aliphatic heterocycles. The van der Waals surface area contributed by atoms with Crippen molar-refractivity contribution in [1.82, 2.24) is 19.6 Å². The summed E-state index contributed by atoms with van der Waals surface area (Å²) in [6.45, 7) is 0. The van der Waals surface area contributed by atoms with Gasteiger partial charge in [0.2, 0.25) is 5.95 Å². The number of hydrogen-bond acceptors (Lipinski definition) is 5. The molecule has 6 heteroatoms. The van der Waals surface area contributed by atoms with Gasteiger partial charge >= 0.3 is 0 Å². The number of benzene rings is 2. The van der Waals surface area contributed by atoms with Gasteiger partial charge in [-0.05, 0) is 35.7 Å². The van der Waals surface area contributed by atoms with E-state index in [4.69, 9.17) is 4.98 Å². The first-order chi connectivity index (χ1) is 12.8. The molecule has 0 atom stereocenters. The fourth-order valence-corrected chi connectivity index (χ4v) is 3.82. The molecule has 3 aromatic heterocycles. The van der Waals surface area contributed by atoms with Gasteiger partial charge in [-0.1, -0.05) is 36.4 Å². The Morgan fingerprint density at radius 1 is 0.885 bits per heavy atom. The van der Waals surface area contributed by atoms with Crippen molar-refractivity contribution in [2.45, 2.75) is 0 Å². The minimum atomic E-state index is 0.790. The lowest BCUT2D eigenvalue weighted by atomic mass is 10.2. The molecule has 5 rings (SSSR count). The standard InChI is InChI=1S/C20H15N5S/c1-24(14-8-3-2-4-9-14)20-21-16-11-6-5-10-15(16)18-22-23-19(25(18)20)17-12-7-13-26-17/h2-13H,1H3. The van der Waals surface area contributed by atoms with Gasteiger partial charge < -0.3 is 4.90 Å². The molecule has 0 saturated carbocycles. The van der Waals surface area contributed by atoms with Crippen LogP contribution in [-0.2, 0) is 0 Å². The number of aromatic nitrogens is 4. The molecule has 0 radical (unpaired) electrons. The van der Waals surface area contributed by atoms with Crippen LogP contribution in [0.3, 0.4) is 0 Å². The van der Waals surface area contributed by atoms with Crippen LogP contribution >= 0.6 is 11.3 Å². The Morgan fingerprint density at radius 2 is 1.69 bits per heavy atom. The maximum absolute atomic E-state index is 4.94. The van der Waals surface area contributed by atoms with E-state index in [0.717, 1.165) is 38.9 Å². The summed E-state index contributed by atoms with van der Waals surface area (Å²) in [7, 11) is 2.02. The predicted octanol–water partition coefficient (Wildman–Crippen LogP) is 4.77. The number of anilines is 2. The summed E-state index contributed by atoms with van der Waals surface area (Å²) in [6.07, 6.45) is 0. The van der Waals surface area contributed by atoms with E-state index in [1.165, 1.54) is 0 Å². The molecule has 3 heterocycles. The minimum Gasteiger partial charge on any atom is -0.315 e. The number of thiophene rings is 1. The molecule has 0 N–H and O–H groups in total. The average molecular weight is 357 g/mol. The van der Waals surface area contributed by atoms with Crippen LogP contribution in [0.25, 0.3) is 27.3 Å². The number of hydrogen-bond donors (Lipinski definition) is 0.